The summed E-state index contributed by atoms with van der Waals surface area (Å²) in [5.74, 6) is 2.04. The van der Waals surface area contributed by atoms with Gasteiger partial charge in [-0.2, -0.15) is 0 Å². The molecule has 5 rings (SSSR count). The molecule has 0 aliphatic heterocycles. The lowest BCUT2D eigenvalue weighted by Crippen LogP contribution is -2.49. The molecular weight excluding hydrogens is 336 g/mol. The van der Waals surface area contributed by atoms with Crippen LogP contribution in [0.15, 0.2) is 16.6 Å². The molecule has 1 nitrogen and oxygen atoms in total. The van der Waals surface area contributed by atoms with E-state index in [4.69, 9.17) is 5.73 Å². The molecule has 4 fully saturated rings. The van der Waals surface area contributed by atoms with Gasteiger partial charge >= 0.3 is 0 Å². The molecule has 1 atom stereocenters. The second-order valence-electron chi connectivity index (χ2n) is 7.29. The summed E-state index contributed by atoms with van der Waals surface area (Å²) in [5, 5.41) is 0. The van der Waals surface area contributed by atoms with E-state index < -0.39 is 17.7 Å². The van der Waals surface area contributed by atoms with Crippen molar-refractivity contribution in [2.24, 2.45) is 35.3 Å². The smallest absolute Gasteiger partial charge is 0.145 e. The summed E-state index contributed by atoms with van der Waals surface area (Å²) < 4.78 is 28.8. The van der Waals surface area contributed by atoms with Gasteiger partial charge in [0, 0.05) is 11.6 Å². The molecule has 4 heteroatoms. The van der Waals surface area contributed by atoms with Gasteiger partial charge in [-0.15, -0.1) is 0 Å². The number of benzene rings is 1. The van der Waals surface area contributed by atoms with Gasteiger partial charge in [-0.05, 0) is 89.8 Å². The lowest BCUT2D eigenvalue weighted by atomic mass is 9.50. The normalized spacial score (nSPS) is 38.8. The fraction of sp³-hybridized carbons (Fsp3) is 0.647. The maximum atomic E-state index is 14.4. The van der Waals surface area contributed by atoms with Crippen LogP contribution in [0, 0.1) is 41.2 Å². The fourth-order valence-corrected chi connectivity index (χ4v) is 5.94. The van der Waals surface area contributed by atoms with E-state index in [9.17, 15) is 8.78 Å². The Balaban J connectivity index is 1.69. The third-order valence-electron chi connectivity index (χ3n) is 6.13. The van der Waals surface area contributed by atoms with Crippen molar-refractivity contribution >= 4 is 15.9 Å². The Labute approximate surface area is 132 Å². The maximum Gasteiger partial charge on any atom is 0.145 e. The van der Waals surface area contributed by atoms with Crippen LogP contribution in [0.3, 0.4) is 0 Å². The summed E-state index contributed by atoms with van der Waals surface area (Å²) in [6, 6.07) is 2.22. The Kier molecular flexibility index (Phi) is 3.38. The number of hydrogen-bond donors (Lipinski definition) is 1. The van der Waals surface area contributed by atoms with Gasteiger partial charge in [0.15, 0.2) is 0 Å². The molecule has 0 heterocycles. The van der Waals surface area contributed by atoms with Gasteiger partial charge in [-0.1, -0.05) is 0 Å². The molecule has 4 aliphatic carbocycles. The highest BCUT2D eigenvalue weighted by Gasteiger charge is 2.50. The van der Waals surface area contributed by atoms with Gasteiger partial charge in [0.05, 0.1) is 4.47 Å². The van der Waals surface area contributed by atoms with Crippen molar-refractivity contribution in [1.29, 1.82) is 0 Å². The highest BCUT2D eigenvalue weighted by atomic mass is 79.9. The van der Waals surface area contributed by atoms with E-state index in [0.29, 0.717) is 16.3 Å². The molecule has 0 saturated heterocycles. The standard InChI is InChI=1S/C17H20BrF2N/c18-12-1-2-13(19)15(16(12)20)17(21)14-10-4-8-3-9(6-10)7-11(14)5-8/h1-2,8-11,14,17H,3-7,21H2. The molecule has 4 saturated carbocycles. The third kappa shape index (κ3) is 2.17. The van der Waals surface area contributed by atoms with Crippen LogP contribution >= 0.6 is 15.9 Å². The summed E-state index contributed by atoms with van der Waals surface area (Å²) in [6.45, 7) is 0. The van der Waals surface area contributed by atoms with Crippen LogP contribution in [0.25, 0.3) is 0 Å². The average molecular weight is 356 g/mol. The topological polar surface area (TPSA) is 26.0 Å². The van der Waals surface area contributed by atoms with Crippen LogP contribution in [0.5, 0.6) is 0 Å². The quantitative estimate of drug-likeness (QED) is 0.757. The molecule has 1 aromatic carbocycles. The number of halogens is 3. The predicted octanol–water partition coefficient (Wildman–Crippen LogP) is 4.80. The van der Waals surface area contributed by atoms with E-state index in [-0.39, 0.29) is 11.5 Å². The first-order valence-electron chi connectivity index (χ1n) is 7.93. The van der Waals surface area contributed by atoms with Gasteiger partial charge in [-0.25, -0.2) is 8.78 Å². The molecule has 114 valence electrons. The first-order valence-corrected chi connectivity index (χ1v) is 8.73. The molecule has 21 heavy (non-hydrogen) atoms. The predicted molar refractivity (Wildman–Crippen MR) is 81.5 cm³/mol. The molecule has 1 unspecified atom stereocenters. The fourth-order valence-electron chi connectivity index (χ4n) is 5.59. The number of hydrogen-bond acceptors (Lipinski definition) is 1. The lowest BCUT2D eigenvalue weighted by Gasteiger charge is -2.56. The Morgan fingerprint density at radius 1 is 1.00 bits per heavy atom. The van der Waals surface area contributed by atoms with E-state index in [0.717, 1.165) is 11.8 Å². The van der Waals surface area contributed by atoms with Crippen molar-refractivity contribution in [3.05, 3.63) is 33.8 Å². The van der Waals surface area contributed by atoms with Crippen LogP contribution in [0.1, 0.15) is 43.7 Å². The Hall–Kier alpha value is -0.480. The first-order chi connectivity index (χ1) is 10.0. The SMILES string of the molecule is NC(c1c(F)ccc(Br)c1F)C1C2CC3CC(C2)CC1C3. The van der Waals surface area contributed by atoms with Crippen LogP contribution < -0.4 is 5.73 Å². The first kappa shape index (κ1) is 14.1. The molecule has 0 radical (unpaired) electrons. The summed E-state index contributed by atoms with van der Waals surface area (Å²) in [6.07, 6.45) is 6.21. The van der Waals surface area contributed by atoms with Gasteiger partial charge in [-0.3, -0.25) is 0 Å². The van der Waals surface area contributed by atoms with Crippen molar-refractivity contribution in [3.63, 3.8) is 0 Å². The van der Waals surface area contributed by atoms with Crippen molar-refractivity contribution in [2.45, 2.75) is 38.1 Å². The molecule has 1 aromatic rings. The molecule has 0 amide bonds. The summed E-state index contributed by atoms with van der Waals surface area (Å²) in [4.78, 5) is 0. The Bertz CT molecular complexity index is 546. The minimum Gasteiger partial charge on any atom is -0.324 e. The van der Waals surface area contributed by atoms with Gasteiger partial charge in [0.2, 0.25) is 0 Å². The Morgan fingerprint density at radius 3 is 2.14 bits per heavy atom. The lowest BCUT2D eigenvalue weighted by molar-refractivity contribution is -0.0479. The number of rotatable bonds is 2. The van der Waals surface area contributed by atoms with Gasteiger partial charge in [0.1, 0.15) is 11.6 Å². The molecule has 2 N–H and O–H groups in total. The second-order valence-corrected chi connectivity index (χ2v) is 8.15. The van der Waals surface area contributed by atoms with Gasteiger partial charge < -0.3 is 5.73 Å². The van der Waals surface area contributed by atoms with Crippen molar-refractivity contribution < 1.29 is 8.78 Å². The highest BCUT2D eigenvalue weighted by molar-refractivity contribution is 9.10. The molecule has 4 bridgehead atoms. The maximum absolute atomic E-state index is 14.4. The highest BCUT2D eigenvalue weighted by Crippen LogP contribution is 2.59. The molecule has 4 aliphatic rings. The van der Waals surface area contributed by atoms with Crippen LogP contribution in [-0.2, 0) is 0 Å². The summed E-state index contributed by atoms with van der Waals surface area (Å²) >= 11 is 3.15. The molecular formula is C17H20BrF2N. The van der Waals surface area contributed by atoms with Crippen molar-refractivity contribution in [1.82, 2.24) is 0 Å². The third-order valence-corrected chi connectivity index (χ3v) is 6.74. The van der Waals surface area contributed by atoms with Crippen LogP contribution in [0.4, 0.5) is 8.78 Å². The monoisotopic (exact) mass is 355 g/mol. The zero-order chi connectivity index (χ0) is 14.7. The van der Waals surface area contributed by atoms with E-state index in [2.05, 4.69) is 15.9 Å². The minimum atomic E-state index is -0.517. The van der Waals surface area contributed by atoms with Crippen molar-refractivity contribution in [3.8, 4) is 0 Å². The minimum absolute atomic E-state index is 0.0850. The van der Waals surface area contributed by atoms with E-state index >= 15 is 0 Å². The zero-order valence-corrected chi connectivity index (χ0v) is 13.5. The Morgan fingerprint density at radius 2 is 1.57 bits per heavy atom. The van der Waals surface area contributed by atoms with Crippen LogP contribution in [0.2, 0.25) is 0 Å². The largest absolute Gasteiger partial charge is 0.324 e. The van der Waals surface area contributed by atoms with E-state index in [1.807, 2.05) is 0 Å². The summed E-state index contributed by atoms with van der Waals surface area (Å²) in [5.41, 5.74) is 6.48. The molecule has 0 spiro atoms. The van der Waals surface area contributed by atoms with Gasteiger partial charge in [0.25, 0.3) is 0 Å². The number of nitrogens with two attached hydrogens (primary N) is 1. The summed E-state index contributed by atoms with van der Waals surface area (Å²) in [7, 11) is 0. The zero-order valence-electron chi connectivity index (χ0n) is 11.9. The average Bonchev–Trinajstić information content (AvgIpc) is 2.42. The van der Waals surface area contributed by atoms with Crippen LogP contribution in [-0.4, -0.2) is 0 Å². The van der Waals surface area contributed by atoms with Crippen molar-refractivity contribution in [2.75, 3.05) is 0 Å². The van der Waals surface area contributed by atoms with E-state index in [1.54, 1.807) is 0 Å². The molecule has 0 aromatic heterocycles. The second kappa shape index (κ2) is 5.02. The van der Waals surface area contributed by atoms with E-state index in [1.165, 1.54) is 44.2 Å².